The summed E-state index contributed by atoms with van der Waals surface area (Å²) in [4.78, 5) is 11.7. The van der Waals surface area contributed by atoms with Crippen molar-refractivity contribution >= 4 is 5.78 Å². The number of carbonyl (C=O) groups is 1. The molecule has 0 aliphatic carbocycles. The number of hydrogen-bond acceptors (Lipinski definition) is 5. The summed E-state index contributed by atoms with van der Waals surface area (Å²) < 4.78 is 0. The Morgan fingerprint density at radius 3 is 2.16 bits per heavy atom. The number of nitrogens with zero attached hydrogens (tertiary/aromatic N) is 4. The van der Waals surface area contributed by atoms with E-state index in [4.69, 9.17) is 0 Å². The van der Waals surface area contributed by atoms with Crippen LogP contribution < -0.4 is 0 Å². The molecule has 0 spiro atoms. The Morgan fingerprint density at radius 1 is 1.05 bits per heavy atom. The van der Waals surface area contributed by atoms with Gasteiger partial charge in [0.25, 0.3) is 0 Å². The standard InChI is InChI=1S/C14H16N4O/c1-9(2)13(19)8-11-4-6-12(7-5-11)14-17-15-10(3)16-18-14/h4-7,9H,8H2,1-3H3. The fraction of sp³-hybridized carbons (Fsp3) is 0.357. The first kappa shape index (κ1) is 13.3. The second-order valence-corrected chi connectivity index (χ2v) is 4.77. The second-order valence-electron chi connectivity index (χ2n) is 4.77. The normalized spacial score (nSPS) is 10.7. The van der Waals surface area contributed by atoms with E-state index in [1.807, 2.05) is 38.1 Å². The van der Waals surface area contributed by atoms with Gasteiger partial charge in [0.1, 0.15) is 5.78 Å². The maximum atomic E-state index is 11.7. The van der Waals surface area contributed by atoms with Crippen LogP contribution in [0.3, 0.4) is 0 Å². The Kier molecular flexibility index (Phi) is 3.94. The SMILES string of the molecule is Cc1nnc(-c2ccc(CC(=O)C(C)C)cc2)nn1. The van der Waals surface area contributed by atoms with E-state index < -0.39 is 0 Å². The van der Waals surface area contributed by atoms with Crippen LogP contribution in [-0.2, 0) is 11.2 Å². The van der Waals surface area contributed by atoms with Crippen LogP contribution in [0.2, 0.25) is 0 Å². The minimum atomic E-state index is 0.0634. The number of benzene rings is 1. The second kappa shape index (κ2) is 5.65. The zero-order chi connectivity index (χ0) is 13.8. The quantitative estimate of drug-likeness (QED) is 0.837. The summed E-state index contributed by atoms with van der Waals surface area (Å²) in [5.74, 6) is 1.34. The van der Waals surface area contributed by atoms with Crippen molar-refractivity contribution in [3.05, 3.63) is 35.7 Å². The van der Waals surface area contributed by atoms with Crippen LogP contribution in [0.25, 0.3) is 11.4 Å². The highest BCUT2D eigenvalue weighted by Crippen LogP contribution is 2.15. The van der Waals surface area contributed by atoms with Crippen LogP contribution in [0.5, 0.6) is 0 Å². The number of rotatable bonds is 4. The topological polar surface area (TPSA) is 68.6 Å². The third-order valence-electron chi connectivity index (χ3n) is 2.81. The average molecular weight is 256 g/mol. The molecule has 0 unspecified atom stereocenters. The van der Waals surface area contributed by atoms with Gasteiger partial charge in [0.15, 0.2) is 5.82 Å². The highest BCUT2D eigenvalue weighted by molar-refractivity contribution is 5.82. The lowest BCUT2D eigenvalue weighted by Crippen LogP contribution is -2.10. The van der Waals surface area contributed by atoms with E-state index in [0.29, 0.717) is 18.1 Å². The minimum absolute atomic E-state index is 0.0634. The molecule has 0 atom stereocenters. The molecule has 2 aromatic rings. The molecule has 0 fully saturated rings. The Hall–Kier alpha value is -2.17. The highest BCUT2D eigenvalue weighted by atomic mass is 16.1. The van der Waals surface area contributed by atoms with Gasteiger partial charge >= 0.3 is 0 Å². The largest absolute Gasteiger partial charge is 0.299 e. The lowest BCUT2D eigenvalue weighted by atomic mass is 10.0. The molecule has 0 radical (unpaired) electrons. The van der Waals surface area contributed by atoms with Crippen LogP contribution in [0, 0.1) is 12.8 Å². The first-order valence-electron chi connectivity index (χ1n) is 6.22. The molecule has 0 aliphatic rings. The molecule has 0 amide bonds. The van der Waals surface area contributed by atoms with Gasteiger partial charge in [0, 0.05) is 17.9 Å². The number of hydrogen-bond donors (Lipinski definition) is 0. The smallest absolute Gasteiger partial charge is 0.203 e. The predicted molar refractivity (Wildman–Crippen MR) is 71.3 cm³/mol. The van der Waals surface area contributed by atoms with E-state index in [-0.39, 0.29) is 11.7 Å². The molecule has 5 nitrogen and oxygen atoms in total. The lowest BCUT2D eigenvalue weighted by Gasteiger charge is -2.05. The monoisotopic (exact) mass is 256 g/mol. The van der Waals surface area contributed by atoms with E-state index in [9.17, 15) is 4.79 Å². The molecule has 1 aromatic carbocycles. The van der Waals surface area contributed by atoms with Gasteiger partial charge in [-0.15, -0.1) is 20.4 Å². The Labute approximate surface area is 112 Å². The third kappa shape index (κ3) is 3.40. The van der Waals surface area contributed by atoms with E-state index >= 15 is 0 Å². The van der Waals surface area contributed by atoms with E-state index in [1.54, 1.807) is 6.92 Å². The Morgan fingerprint density at radius 2 is 1.63 bits per heavy atom. The molecule has 19 heavy (non-hydrogen) atoms. The van der Waals surface area contributed by atoms with Crippen LogP contribution in [0.4, 0.5) is 0 Å². The fourth-order valence-electron chi connectivity index (χ4n) is 1.57. The van der Waals surface area contributed by atoms with E-state index in [0.717, 1.165) is 11.1 Å². The Balaban J connectivity index is 2.14. The lowest BCUT2D eigenvalue weighted by molar-refractivity contribution is -0.121. The number of ketones is 1. The van der Waals surface area contributed by atoms with Gasteiger partial charge in [-0.05, 0) is 12.5 Å². The molecule has 2 rings (SSSR count). The van der Waals surface area contributed by atoms with Crippen LogP contribution in [0.1, 0.15) is 25.2 Å². The van der Waals surface area contributed by atoms with Crippen LogP contribution in [0.15, 0.2) is 24.3 Å². The molecule has 5 heteroatoms. The summed E-state index contributed by atoms with van der Waals surface area (Å²) in [6, 6.07) is 7.60. The van der Waals surface area contributed by atoms with Crippen molar-refractivity contribution in [3.63, 3.8) is 0 Å². The van der Waals surface area contributed by atoms with Gasteiger partial charge in [0.2, 0.25) is 5.82 Å². The van der Waals surface area contributed by atoms with E-state index in [1.165, 1.54) is 0 Å². The number of aryl methyl sites for hydroxylation is 1. The molecule has 1 heterocycles. The van der Waals surface area contributed by atoms with E-state index in [2.05, 4.69) is 20.4 Å². The number of Topliss-reactive ketones (excluding diaryl/α,β-unsaturated/α-hetero) is 1. The van der Waals surface area contributed by atoms with Gasteiger partial charge in [-0.1, -0.05) is 38.1 Å². The summed E-state index contributed by atoms with van der Waals surface area (Å²) in [5.41, 5.74) is 1.84. The maximum Gasteiger partial charge on any atom is 0.203 e. The third-order valence-corrected chi connectivity index (χ3v) is 2.81. The molecule has 98 valence electrons. The first-order chi connectivity index (χ1) is 9.06. The van der Waals surface area contributed by atoms with Crippen molar-refractivity contribution in [2.75, 3.05) is 0 Å². The average Bonchev–Trinajstić information content (AvgIpc) is 2.40. The highest BCUT2D eigenvalue weighted by Gasteiger charge is 2.09. The van der Waals surface area contributed by atoms with Crippen molar-refractivity contribution in [2.45, 2.75) is 27.2 Å². The molecule has 0 saturated carbocycles. The maximum absolute atomic E-state index is 11.7. The molecular formula is C14H16N4O. The van der Waals surface area contributed by atoms with Gasteiger partial charge in [-0.2, -0.15) is 0 Å². The van der Waals surface area contributed by atoms with Gasteiger partial charge in [0.05, 0.1) is 0 Å². The van der Waals surface area contributed by atoms with Crippen LogP contribution in [-0.4, -0.2) is 26.2 Å². The van der Waals surface area contributed by atoms with Crippen molar-refractivity contribution in [2.24, 2.45) is 5.92 Å². The molecule has 1 aromatic heterocycles. The minimum Gasteiger partial charge on any atom is -0.299 e. The van der Waals surface area contributed by atoms with Gasteiger partial charge < -0.3 is 0 Å². The summed E-state index contributed by atoms with van der Waals surface area (Å²) in [6.07, 6.45) is 0.462. The molecule has 0 bridgehead atoms. The van der Waals surface area contributed by atoms with Crippen molar-refractivity contribution < 1.29 is 4.79 Å². The summed E-state index contributed by atoms with van der Waals surface area (Å²) in [7, 11) is 0. The summed E-state index contributed by atoms with van der Waals surface area (Å²) >= 11 is 0. The van der Waals surface area contributed by atoms with Crippen molar-refractivity contribution in [3.8, 4) is 11.4 Å². The van der Waals surface area contributed by atoms with Crippen LogP contribution >= 0.6 is 0 Å². The van der Waals surface area contributed by atoms with Gasteiger partial charge in [-0.3, -0.25) is 4.79 Å². The fourth-order valence-corrected chi connectivity index (χ4v) is 1.57. The van der Waals surface area contributed by atoms with Crippen molar-refractivity contribution in [1.82, 2.24) is 20.4 Å². The predicted octanol–water partition coefficient (Wildman–Crippen LogP) is 2.01. The zero-order valence-electron chi connectivity index (χ0n) is 11.3. The molecule has 0 N–H and O–H groups in total. The van der Waals surface area contributed by atoms with Crippen molar-refractivity contribution in [1.29, 1.82) is 0 Å². The molecule has 0 saturated heterocycles. The number of aromatic nitrogens is 4. The zero-order valence-corrected chi connectivity index (χ0v) is 11.3. The summed E-state index contributed by atoms with van der Waals surface area (Å²) in [5, 5.41) is 15.7. The summed E-state index contributed by atoms with van der Waals surface area (Å²) in [6.45, 7) is 5.56. The molecule has 0 aliphatic heterocycles. The Bertz CT molecular complexity index is 561. The first-order valence-corrected chi connectivity index (χ1v) is 6.22. The number of carbonyl (C=O) groups excluding carboxylic acids is 1. The molecular weight excluding hydrogens is 240 g/mol. The van der Waals surface area contributed by atoms with Gasteiger partial charge in [-0.25, -0.2) is 0 Å².